The van der Waals surface area contributed by atoms with E-state index in [1.165, 1.54) is 0 Å². The van der Waals surface area contributed by atoms with Gasteiger partial charge in [0.05, 0.1) is 7.11 Å². The molecule has 1 amide bonds. The third kappa shape index (κ3) is 3.80. The van der Waals surface area contributed by atoms with E-state index in [0.717, 1.165) is 26.9 Å². The number of hydrogen-bond donors (Lipinski definition) is 1. The highest BCUT2D eigenvalue weighted by molar-refractivity contribution is 9.10. The third-order valence-corrected chi connectivity index (χ3v) is 5.05. The van der Waals surface area contributed by atoms with Crippen molar-refractivity contribution in [2.24, 2.45) is 0 Å². The molecule has 0 radical (unpaired) electrons. The molecular weight excluding hydrogens is 418 g/mol. The summed E-state index contributed by atoms with van der Waals surface area (Å²) in [6, 6.07) is 21.3. The first-order chi connectivity index (χ1) is 13.6. The van der Waals surface area contributed by atoms with Crippen LogP contribution in [-0.4, -0.2) is 13.0 Å². The Hall–Kier alpha value is -3.05. The fraction of sp³-hybridized carbons (Fsp3) is 0.0870. The van der Waals surface area contributed by atoms with Crippen LogP contribution in [0, 0.1) is 0 Å². The Labute approximate surface area is 171 Å². The van der Waals surface area contributed by atoms with Gasteiger partial charge in [0.15, 0.2) is 11.5 Å². The van der Waals surface area contributed by atoms with Crippen LogP contribution in [0.15, 0.2) is 71.2 Å². The molecule has 0 fully saturated rings. The Balaban J connectivity index is 1.62. The van der Waals surface area contributed by atoms with Gasteiger partial charge >= 0.3 is 0 Å². The molecule has 3 aromatic carbocycles. The van der Waals surface area contributed by atoms with Gasteiger partial charge in [-0.05, 0) is 47.5 Å². The molecule has 0 atom stereocenters. The van der Waals surface area contributed by atoms with E-state index in [1.54, 1.807) is 7.11 Å². The number of halogens is 1. The van der Waals surface area contributed by atoms with Crippen LogP contribution in [0.3, 0.4) is 0 Å². The summed E-state index contributed by atoms with van der Waals surface area (Å²) in [5, 5.41) is 2.89. The van der Waals surface area contributed by atoms with Crippen LogP contribution in [0.1, 0.15) is 16.7 Å². The number of nitrogens with one attached hydrogen (secondary N) is 1. The molecule has 0 spiro atoms. The van der Waals surface area contributed by atoms with E-state index in [4.69, 9.17) is 9.47 Å². The number of methoxy groups -OCH3 is 1. The maximum absolute atomic E-state index is 12.3. The highest BCUT2D eigenvalue weighted by Crippen LogP contribution is 2.35. The van der Waals surface area contributed by atoms with E-state index < -0.39 is 0 Å². The van der Waals surface area contributed by atoms with Crippen LogP contribution < -0.4 is 14.8 Å². The predicted molar refractivity (Wildman–Crippen MR) is 114 cm³/mol. The molecule has 4 rings (SSSR count). The van der Waals surface area contributed by atoms with Gasteiger partial charge < -0.3 is 14.8 Å². The Morgan fingerprint density at radius 1 is 1.00 bits per heavy atom. The summed E-state index contributed by atoms with van der Waals surface area (Å²) in [6.45, 7) is 0.424. The van der Waals surface area contributed by atoms with Crippen molar-refractivity contribution in [2.75, 3.05) is 12.4 Å². The fourth-order valence-corrected chi connectivity index (χ4v) is 3.35. The average molecular weight is 436 g/mol. The first kappa shape index (κ1) is 18.3. The summed E-state index contributed by atoms with van der Waals surface area (Å²) in [6.07, 6.45) is 1.87. The smallest absolute Gasteiger partial charge is 0.256 e. The zero-order chi connectivity index (χ0) is 19.5. The minimum Gasteiger partial charge on any atom is -0.493 e. The number of amides is 1. The quantitative estimate of drug-likeness (QED) is 0.535. The van der Waals surface area contributed by atoms with Crippen molar-refractivity contribution in [3.05, 3.63) is 87.9 Å². The molecular formula is C23H18BrNO3. The highest BCUT2D eigenvalue weighted by atomic mass is 79.9. The molecule has 3 aromatic rings. The molecule has 28 heavy (non-hydrogen) atoms. The standard InChI is InChI=1S/C23H18BrNO3/c1-27-21-11-8-16(12-19-18-4-2-3-5-20(18)25-23(19)26)13-22(21)28-14-15-6-9-17(24)10-7-15/h2-13H,14H2,1H3,(H,25,26)/b19-12-. The largest absolute Gasteiger partial charge is 0.493 e. The van der Waals surface area contributed by atoms with E-state index >= 15 is 0 Å². The topological polar surface area (TPSA) is 47.6 Å². The molecule has 1 aliphatic heterocycles. The van der Waals surface area contributed by atoms with Crippen molar-refractivity contribution in [3.8, 4) is 11.5 Å². The Kier molecular flexibility index (Phi) is 5.17. The van der Waals surface area contributed by atoms with Crippen molar-refractivity contribution < 1.29 is 14.3 Å². The summed E-state index contributed by atoms with van der Waals surface area (Å²) in [7, 11) is 1.61. The minimum atomic E-state index is -0.102. The number of fused-ring (bicyclic) bond motifs is 1. The molecule has 5 heteroatoms. The number of anilines is 1. The second-order valence-corrected chi connectivity index (χ2v) is 7.30. The number of carbonyl (C=O) groups is 1. The molecule has 1 N–H and O–H groups in total. The molecule has 0 saturated carbocycles. The Morgan fingerprint density at radius 2 is 1.79 bits per heavy atom. The molecule has 140 valence electrons. The number of ether oxygens (including phenoxy) is 2. The van der Waals surface area contributed by atoms with Gasteiger partial charge in [0.25, 0.3) is 5.91 Å². The van der Waals surface area contributed by atoms with Crippen LogP contribution in [0.5, 0.6) is 11.5 Å². The molecule has 1 heterocycles. The van der Waals surface area contributed by atoms with E-state index in [9.17, 15) is 4.79 Å². The van der Waals surface area contributed by atoms with Gasteiger partial charge in [0.2, 0.25) is 0 Å². The number of benzene rings is 3. The second kappa shape index (κ2) is 7.90. The zero-order valence-electron chi connectivity index (χ0n) is 15.2. The van der Waals surface area contributed by atoms with E-state index in [-0.39, 0.29) is 5.91 Å². The summed E-state index contributed by atoms with van der Waals surface area (Å²) in [5.41, 5.74) is 4.30. The van der Waals surface area contributed by atoms with Gasteiger partial charge in [-0.1, -0.05) is 52.3 Å². The normalized spacial score (nSPS) is 13.9. The summed E-state index contributed by atoms with van der Waals surface area (Å²) < 4.78 is 12.4. The van der Waals surface area contributed by atoms with Crippen LogP contribution in [0.25, 0.3) is 11.6 Å². The van der Waals surface area contributed by atoms with E-state index in [2.05, 4.69) is 21.2 Å². The Bertz CT molecular complexity index is 1060. The van der Waals surface area contributed by atoms with Gasteiger partial charge in [0, 0.05) is 21.3 Å². The molecule has 4 nitrogen and oxygen atoms in total. The average Bonchev–Trinajstić information content (AvgIpc) is 3.03. The van der Waals surface area contributed by atoms with E-state index in [1.807, 2.05) is 72.8 Å². The lowest BCUT2D eigenvalue weighted by molar-refractivity contribution is -0.110. The van der Waals surface area contributed by atoms with Crippen LogP contribution in [0.4, 0.5) is 5.69 Å². The first-order valence-electron chi connectivity index (χ1n) is 8.82. The number of rotatable bonds is 5. The summed E-state index contributed by atoms with van der Waals surface area (Å²) in [4.78, 5) is 12.3. The van der Waals surface area contributed by atoms with Crippen molar-refractivity contribution in [1.82, 2.24) is 0 Å². The molecule has 0 saturated heterocycles. The van der Waals surface area contributed by atoms with Crippen molar-refractivity contribution in [2.45, 2.75) is 6.61 Å². The first-order valence-corrected chi connectivity index (χ1v) is 9.61. The van der Waals surface area contributed by atoms with Crippen LogP contribution in [-0.2, 0) is 11.4 Å². The third-order valence-electron chi connectivity index (χ3n) is 4.52. The van der Waals surface area contributed by atoms with Crippen molar-refractivity contribution >= 4 is 39.2 Å². The lowest BCUT2D eigenvalue weighted by atomic mass is 10.0. The maximum Gasteiger partial charge on any atom is 0.256 e. The number of para-hydroxylation sites is 1. The molecule has 0 bridgehead atoms. The van der Waals surface area contributed by atoms with Crippen LogP contribution >= 0.6 is 15.9 Å². The van der Waals surface area contributed by atoms with Crippen LogP contribution in [0.2, 0.25) is 0 Å². The van der Waals surface area contributed by atoms with Gasteiger partial charge in [-0.25, -0.2) is 0 Å². The lowest BCUT2D eigenvalue weighted by Gasteiger charge is -2.12. The number of hydrogen-bond acceptors (Lipinski definition) is 3. The summed E-state index contributed by atoms with van der Waals surface area (Å²) >= 11 is 3.43. The molecule has 1 aliphatic rings. The van der Waals surface area contributed by atoms with Crippen molar-refractivity contribution in [1.29, 1.82) is 0 Å². The second-order valence-electron chi connectivity index (χ2n) is 6.38. The molecule has 0 aromatic heterocycles. The lowest BCUT2D eigenvalue weighted by Crippen LogP contribution is -2.03. The summed E-state index contributed by atoms with van der Waals surface area (Å²) in [5.74, 6) is 1.18. The molecule has 0 unspecified atom stereocenters. The number of carbonyl (C=O) groups excluding carboxylic acids is 1. The predicted octanol–water partition coefficient (Wildman–Crippen LogP) is 5.53. The fourth-order valence-electron chi connectivity index (χ4n) is 3.09. The minimum absolute atomic E-state index is 0.102. The van der Waals surface area contributed by atoms with E-state index in [0.29, 0.717) is 23.7 Å². The van der Waals surface area contributed by atoms with Gasteiger partial charge in [-0.2, -0.15) is 0 Å². The monoisotopic (exact) mass is 435 g/mol. The zero-order valence-corrected chi connectivity index (χ0v) is 16.8. The van der Waals surface area contributed by atoms with Gasteiger partial charge in [-0.15, -0.1) is 0 Å². The maximum atomic E-state index is 12.3. The van der Waals surface area contributed by atoms with Gasteiger partial charge in [0.1, 0.15) is 6.61 Å². The van der Waals surface area contributed by atoms with Gasteiger partial charge in [-0.3, -0.25) is 4.79 Å². The SMILES string of the molecule is COc1ccc(/C=C2\C(=O)Nc3ccccc32)cc1OCc1ccc(Br)cc1. The Morgan fingerprint density at radius 3 is 2.57 bits per heavy atom. The highest BCUT2D eigenvalue weighted by Gasteiger charge is 2.23. The van der Waals surface area contributed by atoms with Crippen molar-refractivity contribution in [3.63, 3.8) is 0 Å². The molecule has 0 aliphatic carbocycles.